The van der Waals surface area contributed by atoms with E-state index in [-0.39, 0.29) is 10.8 Å². The lowest BCUT2D eigenvalue weighted by Gasteiger charge is -2.22. The third kappa shape index (κ3) is 10.4. The largest absolute Gasteiger partial charge is 0.309 e. The number of aromatic nitrogens is 5. The van der Waals surface area contributed by atoms with E-state index in [0.29, 0.717) is 5.82 Å². The van der Waals surface area contributed by atoms with Crippen molar-refractivity contribution in [2.45, 2.75) is 52.4 Å². The van der Waals surface area contributed by atoms with E-state index in [1.54, 1.807) is 6.08 Å². The van der Waals surface area contributed by atoms with E-state index in [1.807, 2.05) is 31.2 Å². The lowest BCUT2D eigenvalue weighted by Crippen LogP contribution is -2.15. The van der Waals surface area contributed by atoms with Crippen LogP contribution in [0, 0.1) is 0 Å². The third-order valence-corrected chi connectivity index (χ3v) is 23.0. The maximum atomic E-state index is 5.39. The molecule has 0 saturated heterocycles. The smallest absolute Gasteiger partial charge is 0.160 e. The topological polar surface area (TPSA) is 40.6 Å². The van der Waals surface area contributed by atoms with Crippen molar-refractivity contribution in [3.8, 4) is 95.5 Å². The molecule has 0 saturated carbocycles. The number of nitrogens with zero attached hydrogens (tertiary/aromatic N) is 5. The molecule has 2 aliphatic rings. The summed E-state index contributed by atoms with van der Waals surface area (Å²) in [6, 6.07) is 106. The average molecular weight is 1370 g/mol. The molecule has 0 aliphatic heterocycles. The summed E-state index contributed by atoms with van der Waals surface area (Å²) >= 11 is 0. The van der Waals surface area contributed by atoms with Crippen molar-refractivity contribution < 1.29 is 0 Å². The van der Waals surface area contributed by atoms with E-state index in [9.17, 15) is 0 Å². The van der Waals surface area contributed by atoms with Crippen LogP contribution in [0.5, 0.6) is 0 Å². The Balaban J connectivity index is 0.727. The summed E-state index contributed by atoms with van der Waals surface area (Å²) in [6.45, 7) is 21.6. The fourth-order valence-corrected chi connectivity index (χ4v) is 17.5. The highest BCUT2D eigenvalue weighted by molar-refractivity contribution is 6.15. The summed E-state index contributed by atoms with van der Waals surface area (Å²) in [6.07, 6.45) is 16.0. The Labute approximate surface area is 624 Å². The normalized spacial score (nSPS) is 13.8. The van der Waals surface area contributed by atoms with Crippen molar-refractivity contribution in [3.05, 3.63) is 380 Å². The molecule has 0 spiro atoms. The van der Waals surface area contributed by atoms with Crippen molar-refractivity contribution in [1.29, 1.82) is 0 Å². The molecule has 0 bridgehead atoms. The highest BCUT2D eigenvalue weighted by Crippen LogP contribution is 2.52. The Morgan fingerprint density at radius 2 is 0.729 bits per heavy atom. The van der Waals surface area contributed by atoms with Crippen molar-refractivity contribution in [2.75, 3.05) is 0 Å². The van der Waals surface area contributed by atoms with E-state index < -0.39 is 0 Å². The van der Waals surface area contributed by atoms with Crippen LogP contribution >= 0.6 is 0 Å². The van der Waals surface area contributed by atoms with Gasteiger partial charge in [0.15, 0.2) is 5.82 Å². The highest BCUT2D eigenvalue weighted by Gasteiger charge is 2.37. The molecule has 2 aliphatic carbocycles. The molecule has 510 valence electrons. The first kappa shape index (κ1) is 64.6. The molecule has 13 aromatic carbocycles. The molecule has 19 rings (SSSR count). The number of benzene rings is 13. The zero-order valence-electron chi connectivity index (χ0n) is 60.9. The predicted octanol–water partition coefficient (Wildman–Crippen LogP) is 27.0. The van der Waals surface area contributed by atoms with Gasteiger partial charge in [0, 0.05) is 76.9 Å². The average Bonchev–Trinajstić information content (AvgIpc) is 1.58. The highest BCUT2D eigenvalue weighted by atomic mass is 15.0. The van der Waals surface area contributed by atoms with Crippen LogP contribution in [0.4, 0.5) is 0 Å². The number of hydrogen-bond acceptors (Lipinski definition) is 2. The van der Waals surface area contributed by atoms with Crippen LogP contribution in [-0.2, 0) is 10.8 Å². The van der Waals surface area contributed by atoms with Crippen LogP contribution in [-0.4, -0.2) is 23.7 Å². The Hall–Kier alpha value is -13.2. The third-order valence-electron chi connectivity index (χ3n) is 23.0. The molecule has 5 heteroatoms. The summed E-state index contributed by atoms with van der Waals surface area (Å²) in [5, 5.41) is 7.21. The number of allylic oxidation sites excluding steroid dienone is 10. The summed E-state index contributed by atoms with van der Waals surface area (Å²) in [4.78, 5) is 10.8. The molecule has 5 nitrogen and oxygen atoms in total. The van der Waals surface area contributed by atoms with Crippen LogP contribution in [0.2, 0.25) is 0 Å². The van der Waals surface area contributed by atoms with Gasteiger partial charge in [-0.25, -0.2) is 9.97 Å². The van der Waals surface area contributed by atoms with E-state index in [1.165, 1.54) is 105 Å². The second-order valence-electron chi connectivity index (χ2n) is 29.6. The summed E-state index contributed by atoms with van der Waals surface area (Å²) < 4.78 is 7.37. The van der Waals surface area contributed by atoms with Crippen LogP contribution in [0.3, 0.4) is 0 Å². The summed E-state index contributed by atoms with van der Waals surface area (Å²) in [5.41, 5.74) is 34.3. The van der Waals surface area contributed by atoms with Crippen molar-refractivity contribution in [2.24, 2.45) is 0 Å². The number of fused-ring (bicyclic) bond motifs is 15. The van der Waals surface area contributed by atoms with Crippen LogP contribution in [0.25, 0.3) is 172 Å². The molecule has 107 heavy (non-hydrogen) atoms. The Morgan fingerprint density at radius 1 is 0.327 bits per heavy atom. The molecular formula is C102H77N5. The quantitative estimate of drug-likeness (QED) is 0.102. The van der Waals surface area contributed by atoms with E-state index in [2.05, 4.69) is 365 Å². The van der Waals surface area contributed by atoms with E-state index in [0.717, 1.165) is 94.9 Å². The molecule has 4 aromatic heterocycles. The minimum atomic E-state index is -0.162. The van der Waals surface area contributed by atoms with Crippen molar-refractivity contribution in [1.82, 2.24) is 23.7 Å². The van der Waals surface area contributed by atoms with E-state index >= 15 is 0 Å². The first-order chi connectivity index (χ1) is 52.4. The van der Waals surface area contributed by atoms with Gasteiger partial charge >= 0.3 is 0 Å². The van der Waals surface area contributed by atoms with Gasteiger partial charge in [0.25, 0.3) is 0 Å². The van der Waals surface area contributed by atoms with Crippen molar-refractivity contribution in [3.63, 3.8) is 0 Å². The lowest BCUT2D eigenvalue weighted by molar-refractivity contribution is 0.660. The molecule has 0 unspecified atom stereocenters. The zero-order valence-corrected chi connectivity index (χ0v) is 60.9. The molecule has 0 atom stereocenters. The minimum Gasteiger partial charge on any atom is -0.309 e. The molecular weight excluding hydrogens is 1300 g/mol. The first-order valence-corrected chi connectivity index (χ1v) is 37.1. The molecule has 0 N–H and O–H groups in total. The first-order valence-electron chi connectivity index (χ1n) is 37.1. The van der Waals surface area contributed by atoms with Crippen LogP contribution in [0.1, 0.15) is 74.9 Å². The Kier molecular flexibility index (Phi) is 15.3. The molecule has 4 heterocycles. The molecule has 0 radical (unpaired) electrons. The maximum absolute atomic E-state index is 5.39. The second kappa shape index (κ2) is 25.3. The number of para-hydroxylation sites is 2. The van der Waals surface area contributed by atoms with Gasteiger partial charge in [0.1, 0.15) is 0 Å². The standard InChI is InChI=1S/C102H77N5/c1-9-13-24-64(11-3)66-36-40-68(41-37-66)92-63-93(69-42-38-67(39-43-69)65(12-4)25-14-10-2)104-100(103-92)74-26-23-27-75(56-74)105-94-34-21-17-30-82(94)84-57-70(44-52-96(84)105)72-46-54-98-86(59-72)87-60-73(47-55-99(87)107(98)77-49-51-81-79-29-16-20-33-89(79)102(7,8)91(81)62-77)71-45-53-97-85(58-71)83-31-18-22-35-95(83)106(97)76-48-50-80-78-28-15-19-32-88(78)101(5,6)90(80)61-76/h9-63H,1,4H2,2-3,5-8H3/b14-10-,24-13-,64-11+,65-25+. The SMILES string of the molecule is C=C/C=C\C(=C/C)c1ccc(-c2cc(-c3ccc(/C(C=C)=C/C=C\C)cc3)nc(-c3cccc(-n4c5ccccc5c5cc(-c6ccc7c(c6)c6cc(-c8ccc9c(c8)c8ccccc8n9-c8ccc9c(c8)C(C)(C)c8ccccc8-9)ccc6n7-c6ccc7c(c6)C(C)(C)c6ccccc6-7)ccc54)c3)n2)cc1. The molecule has 17 aromatic rings. The van der Waals surface area contributed by atoms with Gasteiger partial charge in [-0.3, -0.25) is 0 Å². The molecule has 0 amide bonds. The monoisotopic (exact) mass is 1370 g/mol. The van der Waals surface area contributed by atoms with Gasteiger partial charge in [-0.2, -0.15) is 0 Å². The summed E-state index contributed by atoms with van der Waals surface area (Å²) in [7, 11) is 0. The van der Waals surface area contributed by atoms with Gasteiger partial charge in [-0.15, -0.1) is 0 Å². The molecule has 0 fully saturated rings. The number of hydrogen-bond donors (Lipinski definition) is 0. The fraction of sp³-hybridized carbons (Fsp3) is 0.0784. The zero-order chi connectivity index (χ0) is 72.4. The Bertz CT molecular complexity index is 6720. The van der Waals surface area contributed by atoms with Crippen LogP contribution < -0.4 is 0 Å². The lowest BCUT2D eigenvalue weighted by atomic mass is 9.82. The second-order valence-corrected chi connectivity index (χ2v) is 29.6. The van der Waals surface area contributed by atoms with E-state index in [4.69, 9.17) is 9.97 Å². The van der Waals surface area contributed by atoms with Crippen molar-refractivity contribution >= 4 is 76.6 Å². The van der Waals surface area contributed by atoms with Gasteiger partial charge in [-0.05, 0) is 206 Å². The number of rotatable bonds is 14. The maximum Gasteiger partial charge on any atom is 0.160 e. The fourth-order valence-electron chi connectivity index (χ4n) is 17.5. The van der Waals surface area contributed by atoms with Gasteiger partial charge < -0.3 is 13.7 Å². The van der Waals surface area contributed by atoms with Gasteiger partial charge in [0.2, 0.25) is 0 Å². The van der Waals surface area contributed by atoms with Crippen LogP contribution in [0.15, 0.2) is 347 Å². The minimum absolute atomic E-state index is 0.114. The van der Waals surface area contributed by atoms with Gasteiger partial charge in [-0.1, -0.05) is 271 Å². The Morgan fingerprint density at radius 3 is 1.18 bits per heavy atom. The summed E-state index contributed by atoms with van der Waals surface area (Å²) in [5.74, 6) is 0.639. The van der Waals surface area contributed by atoms with Gasteiger partial charge in [0.05, 0.1) is 44.5 Å². The predicted molar refractivity (Wildman–Crippen MR) is 453 cm³/mol.